The molecule has 0 amide bonds. The predicted octanol–water partition coefficient (Wildman–Crippen LogP) is 3.72. The zero-order valence-corrected chi connectivity index (χ0v) is 14.8. The molecule has 0 spiro atoms. The van der Waals surface area contributed by atoms with Crippen LogP contribution in [0.5, 0.6) is 0 Å². The van der Waals surface area contributed by atoms with E-state index in [2.05, 4.69) is 37.4 Å². The topological polar surface area (TPSA) is 38.3 Å². The highest BCUT2D eigenvalue weighted by Crippen LogP contribution is 2.26. The van der Waals surface area contributed by atoms with Crippen molar-refractivity contribution in [3.63, 3.8) is 0 Å². The molecular formula is C17H27NO2S. The maximum absolute atomic E-state index is 12.2. The van der Waals surface area contributed by atoms with Crippen LogP contribution in [0.4, 0.5) is 0 Å². The van der Waals surface area contributed by atoms with Crippen molar-refractivity contribution in [3.8, 4) is 0 Å². The first-order chi connectivity index (χ1) is 9.78. The van der Waals surface area contributed by atoms with E-state index in [0.717, 1.165) is 0 Å². The van der Waals surface area contributed by atoms with E-state index < -0.39 is 5.54 Å². The second-order valence-corrected chi connectivity index (χ2v) is 6.94. The number of carbonyl (C=O) groups is 1. The molecule has 0 radical (unpaired) electrons. The molecule has 118 valence electrons. The van der Waals surface area contributed by atoms with Crippen LogP contribution >= 0.6 is 11.8 Å². The Morgan fingerprint density at radius 3 is 2.52 bits per heavy atom. The molecule has 21 heavy (non-hydrogen) atoms. The normalized spacial score (nSPS) is 14.0. The molecule has 0 aliphatic rings. The van der Waals surface area contributed by atoms with E-state index in [0.29, 0.717) is 12.4 Å². The van der Waals surface area contributed by atoms with Gasteiger partial charge in [0.2, 0.25) is 0 Å². The molecule has 0 aliphatic heterocycles. The number of carbonyl (C=O) groups excluding carboxylic acids is 1. The molecule has 0 bridgehead atoms. The third-order valence-corrected chi connectivity index (χ3v) is 4.65. The number of thioether (sulfide) groups is 1. The highest BCUT2D eigenvalue weighted by molar-refractivity contribution is 7.99. The third kappa shape index (κ3) is 5.36. The molecule has 0 fully saturated rings. The molecule has 0 saturated carbocycles. The first-order valence-electron chi connectivity index (χ1n) is 7.43. The smallest absolute Gasteiger partial charge is 0.326 e. The van der Waals surface area contributed by atoms with Gasteiger partial charge in [-0.25, -0.2) is 0 Å². The van der Waals surface area contributed by atoms with Gasteiger partial charge in [-0.15, -0.1) is 11.8 Å². The molecule has 0 heterocycles. The number of nitrogens with one attached hydrogen (secondary N) is 1. The molecular weight excluding hydrogens is 282 g/mol. The van der Waals surface area contributed by atoms with Crippen LogP contribution in [-0.2, 0) is 9.53 Å². The van der Waals surface area contributed by atoms with Crippen molar-refractivity contribution in [2.75, 3.05) is 12.4 Å². The fraction of sp³-hybridized carbons (Fsp3) is 0.588. The Bertz CT molecular complexity index is 488. The number of hydrogen-bond acceptors (Lipinski definition) is 4. The summed E-state index contributed by atoms with van der Waals surface area (Å²) >= 11 is 1.68. The largest absolute Gasteiger partial charge is 0.465 e. The number of hydrogen-bond donors (Lipinski definition) is 1. The first-order valence-corrected chi connectivity index (χ1v) is 8.42. The molecule has 1 aromatic carbocycles. The Balaban J connectivity index is 2.81. The van der Waals surface area contributed by atoms with Crippen molar-refractivity contribution in [2.24, 2.45) is 0 Å². The van der Waals surface area contributed by atoms with Gasteiger partial charge >= 0.3 is 5.97 Å². The first kappa shape index (κ1) is 18.1. The molecule has 0 aliphatic carbocycles. The summed E-state index contributed by atoms with van der Waals surface area (Å²) in [4.78, 5) is 13.4. The standard InChI is InChI=1S/C17H27NO2S/c1-7-20-16(19)17(6,18-12(2)3)11-21-15-9-8-13(4)14(5)10-15/h8-10,12,18H,7,11H2,1-6H3. The van der Waals surface area contributed by atoms with Crippen molar-refractivity contribution in [2.45, 2.75) is 58.0 Å². The summed E-state index contributed by atoms with van der Waals surface area (Å²) in [5.41, 5.74) is 1.88. The average molecular weight is 309 g/mol. The summed E-state index contributed by atoms with van der Waals surface area (Å²) in [5, 5.41) is 3.34. The van der Waals surface area contributed by atoms with Crippen LogP contribution in [0.15, 0.2) is 23.1 Å². The van der Waals surface area contributed by atoms with Gasteiger partial charge in [-0.3, -0.25) is 10.1 Å². The van der Waals surface area contributed by atoms with Gasteiger partial charge in [-0.2, -0.15) is 0 Å². The summed E-state index contributed by atoms with van der Waals surface area (Å²) in [7, 11) is 0. The Hall–Kier alpha value is -1.00. The monoisotopic (exact) mass is 309 g/mol. The summed E-state index contributed by atoms with van der Waals surface area (Å²) < 4.78 is 5.22. The van der Waals surface area contributed by atoms with Crippen molar-refractivity contribution >= 4 is 17.7 Å². The van der Waals surface area contributed by atoms with Gasteiger partial charge in [-0.05, 0) is 64.8 Å². The third-order valence-electron chi connectivity index (χ3n) is 3.34. The maximum Gasteiger partial charge on any atom is 0.326 e. The van der Waals surface area contributed by atoms with Gasteiger partial charge in [0.15, 0.2) is 0 Å². The Kier molecular flexibility index (Phi) is 6.75. The number of ether oxygens (including phenoxy) is 1. The molecule has 0 aromatic heterocycles. The van der Waals surface area contributed by atoms with E-state index in [1.165, 1.54) is 16.0 Å². The maximum atomic E-state index is 12.2. The van der Waals surface area contributed by atoms with Crippen LogP contribution in [0.1, 0.15) is 38.8 Å². The van der Waals surface area contributed by atoms with Gasteiger partial charge in [0, 0.05) is 16.7 Å². The molecule has 0 saturated heterocycles. The molecule has 1 atom stereocenters. The van der Waals surface area contributed by atoms with E-state index in [1.54, 1.807) is 11.8 Å². The number of benzene rings is 1. The Labute approximate surface area is 132 Å². The lowest BCUT2D eigenvalue weighted by Crippen LogP contribution is -2.55. The van der Waals surface area contributed by atoms with Crippen molar-refractivity contribution < 1.29 is 9.53 Å². The molecule has 3 nitrogen and oxygen atoms in total. The molecule has 1 unspecified atom stereocenters. The minimum absolute atomic E-state index is 0.185. The quantitative estimate of drug-likeness (QED) is 0.615. The van der Waals surface area contributed by atoms with E-state index in [9.17, 15) is 4.79 Å². The Morgan fingerprint density at radius 1 is 1.33 bits per heavy atom. The lowest BCUT2D eigenvalue weighted by atomic mass is 10.0. The summed E-state index contributed by atoms with van der Waals surface area (Å²) in [6.07, 6.45) is 0. The van der Waals surface area contributed by atoms with Gasteiger partial charge in [0.25, 0.3) is 0 Å². The molecule has 1 aromatic rings. The fourth-order valence-electron chi connectivity index (χ4n) is 2.12. The number of aryl methyl sites for hydroxylation is 2. The summed E-state index contributed by atoms with van der Waals surface area (Å²) in [6.45, 7) is 12.4. The predicted molar refractivity (Wildman–Crippen MR) is 89.9 cm³/mol. The zero-order chi connectivity index (χ0) is 16.0. The van der Waals surface area contributed by atoms with Crippen LogP contribution in [0.25, 0.3) is 0 Å². The van der Waals surface area contributed by atoms with Gasteiger partial charge in [0.05, 0.1) is 6.61 Å². The highest BCUT2D eigenvalue weighted by Gasteiger charge is 2.35. The number of esters is 1. The van der Waals surface area contributed by atoms with E-state index >= 15 is 0 Å². The van der Waals surface area contributed by atoms with Gasteiger partial charge < -0.3 is 4.74 Å². The second-order valence-electron chi connectivity index (χ2n) is 5.89. The lowest BCUT2D eigenvalue weighted by Gasteiger charge is -2.30. The van der Waals surface area contributed by atoms with E-state index in [-0.39, 0.29) is 12.0 Å². The molecule has 1 N–H and O–H groups in total. The summed E-state index contributed by atoms with van der Waals surface area (Å²) in [5.74, 6) is 0.460. The van der Waals surface area contributed by atoms with Crippen LogP contribution in [0, 0.1) is 13.8 Å². The number of rotatable bonds is 7. The SMILES string of the molecule is CCOC(=O)C(C)(CSc1ccc(C)c(C)c1)NC(C)C. The van der Waals surface area contributed by atoms with Crippen molar-refractivity contribution in [1.82, 2.24) is 5.32 Å². The van der Waals surface area contributed by atoms with E-state index in [4.69, 9.17) is 4.74 Å². The van der Waals surface area contributed by atoms with Gasteiger partial charge in [0.1, 0.15) is 5.54 Å². The lowest BCUT2D eigenvalue weighted by molar-refractivity contribution is -0.149. The molecule has 1 rings (SSSR count). The highest BCUT2D eigenvalue weighted by atomic mass is 32.2. The summed E-state index contributed by atoms with van der Waals surface area (Å²) in [6, 6.07) is 6.61. The van der Waals surface area contributed by atoms with Crippen LogP contribution in [0.3, 0.4) is 0 Å². The van der Waals surface area contributed by atoms with Crippen LogP contribution in [-0.4, -0.2) is 29.9 Å². The minimum atomic E-state index is -0.673. The average Bonchev–Trinajstić information content (AvgIpc) is 2.39. The molecule has 4 heteroatoms. The second kappa shape index (κ2) is 7.85. The van der Waals surface area contributed by atoms with Crippen molar-refractivity contribution in [3.05, 3.63) is 29.3 Å². The zero-order valence-electron chi connectivity index (χ0n) is 13.9. The fourth-order valence-corrected chi connectivity index (χ4v) is 3.20. The van der Waals surface area contributed by atoms with E-state index in [1.807, 2.05) is 27.7 Å². The van der Waals surface area contributed by atoms with Gasteiger partial charge in [-0.1, -0.05) is 6.07 Å². The minimum Gasteiger partial charge on any atom is -0.465 e. The van der Waals surface area contributed by atoms with Crippen LogP contribution < -0.4 is 5.32 Å². The van der Waals surface area contributed by atoms with Crippen LogP contribution in [0.2, 0.25) is 0 Å². The van der Waals surface area contributed by atoms with Crippen molar-refractivity contribution in [1.29, 1.82) is 0 Å². The Morgan fingerprint density at radius 2 is 2.00 bits per heavy atom.